The highest BCUT2D eigenvalue weighted by Gasteiger charge is 2.26. The first kappa shape index (κ1) is 14.0. The van der Waals surface area contributed by atoms with Crippen LogP contribution in [0.3, 0.4) is 0 Å². The van der Waals surface area contributed by atoms with E-state index >= 15 is 0 Å². The van der Waals surface area contributed by atoms with Crippen LogP contribution in [0, 0.1) is 6.92 Å². The van der Waals surface area contributed by atoms with Gasteiger partial charge in [-0.3, -0.25) is 4.90 Å². The van der Waals surface area contributed by atoms with Crippen molar-refractivity contribution in [2.24, 2.45) is 0 Å². The Morgan fingerprint density at radius 3 is 2.59 bits per heavy atom. The van der Waals surface area contributed by atoms with Gasteiger partial charge in [-0.25, -0.2) is 4.98 Å². The number of hydrogen-bond acceptors (Lipinski definition) is 4. The monoisotopic (exact) mass is 299 g/mol. The summed E-state index contributed by atoms with van der Waals surface area (Å²) in [5.41, 5.74) is 2.02. The lowest BCUT2D eigenvalue weighted by molar-refractivity contribution is 0.147. The van der Waals surface area contributed by atoms with Crippen LogP contribution in [0.2, 0.25) is 0 Å². The van der Waals surface area contributed by atoms with E-state index in [0.717, 1.165) is 30.5 Å². The summed E-state index contributed by atoms with van der Waals surface area (Å²) < 4.78 is 1.98. The van der Waals surface area contributed by atoms with Gasteiger partial charge < -0.3 is 4.90 Å². The van der Waals surface area contributed by atoms with Gasteiger partial charge in [-0.2, -0.15) is 9.61 Å². The molecule has 0 radical (unpaired) electrons. The van der Waals surface area contributed by atoms with Crippen molar-refractivity contribution in [3.05, 3.63) is 24.0 Å². The summed E-state index contributed by atoms with van der Waals surface area (Å²) in [6, 6.07) is 4.98. The van der Waals surface area contributed by atoms with Crippen molar-refractivity contribution in [3.63, 3.8) is 0 Å². The van der Waals surface area contributed by atoms with Crippen LogP contribution in [0.5, 0.6) is 0 Å². The van der Waals surface area contributed by atoms with Crippen molar-refractivity contribution in [3.8, 4) is 0 Å². The maximum absolute atomic E-state index is 4.54. The number of rotatable bonds is 2. The van der Waals surface area contributed by atoms with Crippen molar-refractivity contribution >= 4 is 11.5 Å². The molecular weight excluding hydrogens is 274 g/mol. The van der Waals surface area contributed by atoms with E-state index in [1.807, 2.05) is 16.8 Å². The Kier molecular flexibility index (Phi) is 3.74. The molecule has 5 heteroatoms. The highest BCUT2D eigenvalue weighted by molar-refractivity contribution is 5.50. The molecule has 0 atom stereocenters. The molecule has 3 heterocycles. The molecule has 2 aromatic rings. The van der Waals surface area contributed by atoms with Gasteiger partial charge in [-0.1, -0.05) is 19.3 Å². The minimum atomic E-state index is 0.833. The number of nitrogens with zero attached hydrogens (tertiary/aromatic N) is 5. The van der Waals surface area contributed by atoms with E-state index in [9.17, 15) is 0 Å². The fourth-order valence-electron chi connectivity index (χ4n) is 4.01. The lowest BCUT2D eigenvalue weighted by Gasteiger charge is -2.41. The molecule has 5 nitrogen and oxygen atoms in total. The van der Waals surface area contributed by atoms with Crippen molar-refractivity contribution in [1.82, 2.24) is 19.5 Å². The molecule has 118 valence electrons. The molecule has 1 saturated heterocycles. The zero-order valence-corrected chi connectivity index (χ0v) is 13.4. The lowest BCUT2D eigenvalue weighted by Crippen LogP contribution is -2.51. The zero-order chi connectivity index (χ0) is 14.9. The third-order valence-corrected chi connectivity index (χ3v) is 5.20. The number of piperazine rings is 1. The molecule has 22 heavy (non-hydrogen) atoms. The molecule has 1 aliphatic heterocycles. The number of anilines is 1. The smallest absolute Gasteiger partial charge is 0.157 e. The van der Waals surface area contributed by atoms with Crippen molar-refractivity contribution in [1.29, 1.82) is 0 Å². The third kappa shape index (κ3) is 2.58. The molecule has 0 amide bonds. The van der Waals surface area contributed by atoms with E-state index in [4.69, 9.17) is 0 Å². The molecule has 0 unspecified atom stereocenters. The van der Waals surface area contributed by atoms with E-state index < -0.39 is 0 Å². The van der Waals surface area contributed by atoms with Crippen LogP contribution in [0.1, 0.15) is 37.8 Å². The first-order valence-corrected chi connectivity index (χ1v) is 8.62. The normalized spacial score (nSPS) is 21.6. The number of hydrogen-bond donors (Lipinski definition) is 0. The first-order chi connectivity index (χ1) is 10.8. The average Bonchev–Trinajstić information content (AvgIpc) is 3.03. The summed E-state index contributed by atoms with van der Waals surface area (Å²) in [5.74, 6) is 1.19. The summed E-state index contributed by atoms with van der Waals surface area (Å²) in [5, 5.41) is 4.44. The predicted molar refractivity (Wildman–Crippen MR) is 88.4 cm³/mol. The van der Waals surface area contributed by atoms with E-state index in [1.54, 1.807) is 0 Å². The van der Waals surface area contributed by atoms with Gasteiger partial charge in [0.15, 0.2) is 5.65 Å². The van der Waals surface area contributed by atoms with Gasteiger partial charge in [0.05, 0.1) is 6.20 Å². The molecular formula is C17H25N5. The largest absolute Gasteiger partial charge is 0.354 e. The second kappa shape index (κ2) is 5.88. The van der Waals surface area contributed by atoms with Gasteiger partial charge in [0, 0.05) is 50.0 Å². The van der Waals surface area contributed by atoms with Crippen LogP contribution in [0.25, 0.3) is 5.65 Å². The maximum atomic E-state index is 4.54. The Balaban J connectivity index is 1.49. The van der Waals surface area contributed by atoms with Gasteiger partial charge >= 0.3 is 0 Å². The van der Waals surface area contributed by atoms with Crippen LogP contribution >= 0.6 is 0 Å². The predicted octanol–water partition coefficient (Wildman–Crippen LogP) is 2.49. The minimum Gasteiger partial charge on any atom is -0.354 e. The molecule has 0 spiro atoms. The Bertz CT molecular complexity index is 636. The van der Waals surface area contributed by atoms with Crippen molar-refractivity contribution in [2.75, 3.05) is 31.1 Å². The third-order valence-electron chi connectivity index (χ3n) is 5.20. The van der Waals surface area contributed by atoms with E-state index in [0.29, 0.717) is 0 Å². The summed E-state index contributed by atoms with van der Waals surface area (Å²) in [7, 11) is 0. The molecule has 0 N–H and O–H groups in total. The quantitative estimate of drug-likeness (QED) is 0.854. The number of aromatic nitrogens is 3. The average molecular weight is 299 g/mol. The summed E-state index contributed by atoms with van der Waals surface area (Å²) in [4.78, 5) is 9.72. The zero-order valence-electron chi connectivity index (χ0n) is 13.4. The lowest BCUT2D eigenvalue weighted by atomic mass is 9.94. The minimum absolute atomic E-state index is 0.833. The summed E-state index contributed by atoms with van der Waals surface area (Å²) >= 11 is 0. The highest BCUT2D eigenvalue weighted by Crippen LogP contribution is 2.25. The van der Waals surface area contributed by atoms with Gasteiger partial charge in [0.25, 0.3) is 0 Å². The van der Waals surface area contributed by atoms with Crippen LogP contribution in [-0.2, 0) is 0 Å². The molecule has 2 aromatic heterocycles. The first-order valence-electron chi connectivity index (χ1n) is 8.62. The molecule has 4 rings (SSSR count). The Morgan fingerprint density at radius 1 is 1.05 bits per heavy atom. The summed E-state index contributed by atoms with van der Waals surface area (Å²) in [6.07, 6.45) is 8.91. The molecule has 2 fully saturated rings. The number of aryl methyl sites for hydroxylation is 1. The fraction of sp³-hybridized carbons (Fsp3) is 0.647. The second-order valence-electron chi connectivity index (χ2n) is 6.67. The number of fused-ring (bicyclic) bond motifs is 1. The van der Waals surface area contributed by atoms with E-state index in [-0.39, 0.29) is 0 Å². The van der Waals surface area contributed by atoms with E-state index in [2.05, 4.69) is 32.9 Å². The van der Waals surface area contributed by atoms with Crippen LogP contribution in [0.4, 0.5) is 5.82 Å². The van der Waals surface area contributed by atoms with Gasteiger partial charge in [-0.15, -0.1) is 0 Å². The van der Waals surface area contributed by atoms with Crippen molar-refractivity contribution in [2.45, 2.75) is 45.1 Å². The maximum Gasteiger partial charge on any atom is 0.157 e. The van der Waals surface area contributed by atoms with Crippen LogP contribution in [-0.4, -0.2) is 51.7 Å². The Labute approximate surface area is 131 Å². The molecule has 1 aliphatic carbocycles. The standard InChI is InChI=1S/C17H25N5/c1-14-13-17(22-16(19-14)7-8-18-22)21-11-9-20(10-12-21)15-5-3-2-4-6-15/h7-8,13,15H,2-6,9-12H2,1H3. The highest BCUT2D eigenvalue weighted by atomic mass is 15.4. The van der Waals surface area contributed by atoms with Gasteiger partial charge in [-0.05, 0) is 19.8 Å². The Hall–Kier alpha value is -1.62. The van der Waals surface area contributed by atoms with Crippen LogP contribution < -0.4 is 4.90 Å². The van der Waals surface area contributed by atoms with Crippen LogP contribution in [0.15, 0.2) is 18.3 Å². The summed E-state index contributed by atoms with van der Waals surface area (Å²) in [6.45, 7) is 6.60. The Morgan fingerprint density at radius 2 is 1.82 bits per heavy atom. The molecule has 0 bridgehead atoms. The van der Waals surface area contributed by atoms with Gasteiger partial charge in [0.2, 0.25) is 0 Å². The van der Waals surface area contributed by atoms with Gasteiger partial charge in [0.1, 0.15) is 5.82 Å². The molecule has 0 aromatic carbocycles. The fourth-order valence-corrected chi connectivity index (χ4v) is 4.01. The van der Waals surface area contributed by atoms with Crippen molar-refractivity contribution < 1.29 is 0 Å². The topological polar surface area (TPSA) is 36.7 Å². The SMILES string of the molecule is Cc1cc(N2CCN(C3CCCCC3)CC2)n2nccc2n1. The van der Waals surface area contributed by atoms with E-state index in [1.165, 1.54) is 51.0 Å². The molecule has 2 aliphatic rings. The second-order valence-corrected chi connectivity index (χ2v) is 6.67. The molecule has 1 saturated carbocycles.